The fourth-order valence-corrected chi connectivity index (χ4v) is 1.42. The molecule has 0 aromatic carbocycles. The largest absolute Gasteiger partial charge is 0.393 e. The van der Waals surface area contributed by atoms with Crippen LogP contribution in [0.5, 0.6) is 0 Å². The molecule has 2 N–H and O–H groups in total. The number of ether oxygens (including phenoxy) is 1. The first-order chi connectivity index (χ1) is 7.61. The Morgan fingerprint density at radius 2 is 2.06 bits per heavy atom. The zero-order valence-corrected chi connectivity index (χ0v) is 11.0. The molecule has 0 heterocycles. The first kappa shape index (κ1) is 15.3. The Kier molecular flexibility index (Phi) is 9.13. The Balaban J connectivity index is 3.90. The van der Waals surface area contributed by atoms with E-state index < -0.39 is 0 Å². The smallest absolute Gasteiger partial charge is 0.222 e. The molecule has 0 saturated heterocycles. The highest BCUT2D eigenvalue weighted by Gasteiger charge is 2.10. The summed E-state index contributed by atoms with van der Waals surface area (Å²) in [5.74, 6) is 0.146. The average Bonchev–Trinajstić information content (AvgIpc) is 2.27. The summed E-state index contributed by atoms with van der Waals surface area (Å²) >= 11 is 4.81. The van der Waals surface area contributed by atoms with Gasteiger partial charge < -0.3 is 15.4 Å². The molecule has 4 nitrogen and oxygen atoms in total. The van der Waals surface area contributed by atoms with E-state index in [1.54, 1.807) is 4.90 Å². The van der Waals surface area contributed by atoms with Gasteiger partial charge in [-0.3, -0.25) is 4.79 Å². The molecule has 5 heteroatoms. The molecule has 0 fully saturated rings. The lowest BCUT2D eigenvalue weighted by atomic mass is 10.3. The highest BCUT2D eigenvalue weighted by atomic mass is 32.1. The van der Waals surface area contributed by atoms with Crippen LogP contribution in [0.2, 0.25) is 0 Å². The number of rotatable bonds is 9. The molecule has 0 rings (SSSR count). The van der Waals surface area contributed by atoms with E-state index in [0.717, 1.165) is 13.0 Å². The third kappa shape index (κ3) is 7.59. The van der Waals surface area contributed by atoms with Crippen molar-refractivity contribution in [3.05, 3.63) is 0 Å². The standard InChI is InChI=1S/C11H22N2O2S/c1-3-11(14)13(8-6-10(12)16)7-5-9-15-4-2/h3-9H2,1-2H3,(H2,12,16). The van der Waals surface area contributed by atoms with E-state index in [-0.39, 0.29) is 5.91 Å². The number of hydrogen-bond donors (Lipinski definition) is 1. The predicted molar refractivity (Wildman–Crippen MR) is 69.4 cm³/mol. The van der Waals surface area contributed by atoms with Crippen molar-refractivity contribution >= 4 is 23.1 Å². The molecule has 0 aliphatic rings. The normalized spacial score (nSPS) is 10.1. The zero-order chi connectivity index (χ0) is 12.4. The Morgan fingerprint density at radius 3 is 2.56 bits per heavy atom. The average molecular weight is 246 g/mol. The van der Waals surface area contributed by atoms with Crippen LogP contribution in [-0.2, 0) is 9.53 Å². The quantitative estimate of drug-likeness (QED) is 0.492. The van der Waals surface area contributed by atoms with Gasteiger partial charge in [-0.2, -0.15) is 0 Å². The van der Waals surface area contributed by atoms with Crippen LogP contribution in [0, 0.1) is 0 Å². The molecular weight excluding hydrogens is 224 g/mol. The third-order valence-corrected chi connectivity index (χ3v) is 2.41. The number of hydrogen-bond acceptors (Lipinski definition) is 3. The minimum Gasteiger partial charge on any atom is -0.393 e. The molecule has 0 spiro atoms. The maximum atomic E-state index is 11.6. The molecule has 0 aliphatic carbocycles. The van der Waals surface area contributed by atoms with Crippen molar-refractivity contribution in [1.29, 1.82) is 0 Å². The van der Waals surface area contributed by atoms with Gasteiger partial charge in [0.1, 0.15) is 0 Å². The van der Waals surface area contributed by atoms with Crippen molar-refractivity contribution in [2.24, 2.45) is 5.73 Å². The van der Waals surface area contributed by atoms with Crippen molar-refractivity contribution in [1.82, 2.24) is 4.90 Å². The summed E-state index contributed by atoms with van der Waals surface area (Å²) in [5.41, 5.74) is 5.43. The van der Waals surface area contributed by atoms with Crippen LogP contribution in [0.4, 0.5) is 0 Å². The summed E-state index contributed by atoms with van der Waals surface area (Å²) in [6.45, 7) is 6.57. The maximum Gasteiger partial charge on any atom is 0.222 e. The summed E-state index contributed by atoms with van der Waals surface area (Å²) in [6.07, 6.45) is 1.97. The predicted octanol–water partition coefficient (Wildman–Crippen LogP) is 1.33. The first-order valence-electron chi connectivity index (χ1n) is 5.75. The van der Waals surface area contributed by atoms with Crippen LogP contribution in [0.1, 0.15) is 33.1 Å². The van der Waals surface area contributed by atoms with Crippen molar-refractivity contribution in [2.45, 2.75) is 33.1 Å². The van der Waals surface area contributed by atoms with Gasteiger partial charge in [0.25, 0.3) is 0 Å². The Bertz CT molecular complexity index is 222. The highest BCUT2D eigenvalue weighted by Crippen LogP contribution is 1.99. The first-order valence-corrected chi connectivity index (χ1v) is 6.16. The van der Waals surface area contributed by atoms with Crippen molar-refractivity contribution < 1.29 is 9.53 Å². The summed E-state index contributed by atoms with van der Waals surface area (Å²) in [5, 5.41) is 0. The Hall–Kier alpha value is -0.680. The van der Waals surface area contributed by atoms with Gasteiger partial charge in [-0.05, 0) is 13.3 Å². The van der Waals surface area contributed by atoms with E-state index in [2.05, 4.69) is 0 Å². The number of carbonyl (C=O) groups is 1. The molecule has 1 amide bonds. The van der Waals surface area contributed by atoms with Crippen LogP contribution in [-0.4, -0.2) is 42.1 Å². The lowest BCUT2D eigenvalue weighted by Gasteiger charge is -2.21. The minimum absolute atomic E-state index is 0.146. The van der Waals surface area contributed by atoms with Crippen LogP contribution in [0.15, 0.2) is 0 Å². The molecule has 16 heavy (non-hydrogen) atoms. The maximum absolute atomic E-state index is 11.6. The summed E-state index contributed by atoms with van der Waals surface area (Å²) in [7, 11) is 0. The van der Waals surface area contributed by atoms with Crippen LogP contribution in [0.3, 0.4) is 0 Å². The van der Waals surface area contributed by atoms with Gasteiger partial charge in [0.15, 0.2) is 0 Å². The molecule has 0 aliphatic heterocycles. The Morgan fingerprint density at radius 1 is 1.38 bits per heavy atom. The molecule has 0 radical (unpaired) electrons. The second-order valence-corrected chi connectivity index (χ2v) is 4.03. The number of nitrogens with zero attached hydrogens (tertiary/aromatic N) is 1. The second kappa shape index (κ2) is 9.54. The van der Waals surface area contributed by atoms with Gasteiger partial charge in [0.05, 0.1) is 4.99 Å². The monoisotopic (exact) mass is 246 g/mol. The van der Waals surface area contributed by atoms with Gasteiger partial charge in [-0.1, -0.05) is 19.1 Å². The summed E-state index contributed by atoms with van der Waals surface area (Å²) in [4.78, 5) is 13.9. The summed E-state index contributed by atoms with van der Waals surface area (Å²) in [6, 6.07) is 0. The second-order valence-electron chi connectivity index (χ2n) is 3.50. The molecule has 0 aromatic heterocycles. The van der Waals surface area contributed by atoms with Gasteiger partial charge in [-0.15, -0.1) is 0 Å². The van der Waals surface area contributed by atoms with Crippen LogP contribution < -0.4 is 5.73 Å². The topological polar surface area (TPSA) is 55.6 Å². The third-order valence-electron chi connectivity index (χ3n) is 2.20. The molecule has 0 aromatic rings. The molecule has 0 atom stereocenters. The van der Waals surface area contributed by atoms with E-state index in [9.17, 15) is 4.79 Å². The van der Waals surface area contributed by atoms with Gasteiger partial charge in [0, 0.05) is 39.1 Å². The van der Waals surface area contributed by atoms with Crippen LogP contribution in [0.25, 0.3) is 0 Å². The summed E-state index contributed by atoms with van der Waals surface area (Å²) < 4.78 is 5.23. The fraction of sp³-hybridized carbons (Fsp3) is 0.818. The van der Waals surface area contributed by atoms with Crippen molar-refractivity contribution in [2.75, 3.05) is 26.3 Å². The fourth-order valence-electron chi connectivity index (χ4n) is 1.33. The zero-order valence-electron chi connectivity index (χ0n) is 10.2. The van der Waals surface area contributed by atoms with Gasteiger partial charge >= 0.3 is 0 Å². The van der Waals surface area contributed by atoms with Crippen molar-refractivity contribution in [3.8, 4) is 0 Å². The highest BCUT2D eigenvalue weighted by molar-refractivity contribution is 7.80. The molecule has 0 bridgehead atoms. The van der Waals surface area contributed by atoms with E-state index in [1.165, 1.54) is 0 Å². The lowest BCUT2D eigenvalue weighted by Crippen LogP contribution is -2.34. The Labute approximate surface area is 103 Å². The number of thiocarbonyl (C=S) groups is 1. The van der Waals surface area contributed by atoms with Gasteiger partial charge in [-0.25, -0.2) is 0 Å². The van der Waals surface area contributed by atoms with E-state index in [0.29, 0.717) is 37.6 Å². The van der Waals surface area contributed by atoms with Crippen molar-refractivity contribution in [3.63, 3.8) is 0 Å². The van der Waals surface area contributed by atoms with E-state index >= 15 is 0 Å². The van der Waals surface area contributed by atoms with Gasteiger partial charge in [0.2, 0.25) is 5.91 Å². The molecule has 0 unspecified atom stereocenters. The number of carbonyl (C=O) groups excluding carboxylic acids is 1. The lowest BCUT2D eigenvalue weighted by molar-refractivity contribution is -0.130. The molecular formula is C11H22N2O2S. The molecule has 0 saturated carbocycles. The van der Waals surface area contributed by atoms with Crippen LogP contribution >= 0.6 is 12.2 Å². The number of nitrogens with two attached hydrogens (primary N) is 1. The number of amides is 1. The van der Waals surface area contributed by atoms with E-state index in [4.69, 9.17) is 22.7 Å². The molecule has 94 valence electrons. The van der Waals surface area contributed by atoms with E-state index in [1.807, 2.05) is 13.8 Å². The minimum atomic E-state index is 0.146. The SMILES string of the molecule is CCOCCCN(CCC(N)=S)C(=O)CC.